The number of nitrogens with one attached hydrogen (secondary N) is 1. The highest BCUT2D eigenvalue weighted by atomic mass is 32.1. The van der Waals surface area contributed by atoms with Crippen LogP contribution in [0.15, 0.2) is 48.8 Å². The van der Waals surface area contributed by atoms with Crippen molar-refractivity contribution in [3.63, 3.8) is 0 Å². The van der Waals surface area contributed by atoms with E-state index in [1.165, 1.54) is 11.3 Å². The molecule has 0 atom stereocenters. The van der Waals surface area contributed by atoms with Gasteiger partial charge in [-0.2, -0.15) is 0 Å². The van der Waals surface area contributed by atoms with Gasteiger partial charge in [-0.25, -0.2) is 0 Å². The molecule has 0 aliphatic carbocycles. The van der Waals surface area contributed by atoms with Crippen molar-refractivity contribution in [2.45, 2.75) is 13.0 Å². The van der Waals surface area contributed by atoms with Crippen LogP contribution in [0.1, 0.15) is 9.75 Å². The SMILES string of the molecule is O=C(O)Cc1ccc(CNc2cccc3cnccc23)s1. The lowest BCUT2D eigenvalue weighted by atomic mass is 10.1. The zero-order valence-corrected chi connectivity index (χ0v) is 12.1. The van der Waals surface area contributed by atoms with Crippen molar-refractivity contribution in [2.24, 2.45) is 0 Å². The van der Waals surface area contributed by atoms with E-state index in [0.717, 1.165) is 26.2 Å². The third kappa shape index (κ3) is 3.20. The normalized spacial score (nSPS) is 10.7. The summed E-state index contributed by atoms with van der Waals surface area (Å²) in [4.78, 5) is 16.8. The van der Waals surface area contributed by atoms with Crippen molar-refractivity contribution in [3.05, 3.63) is 58.5 Å². The van der Waals surface area contributed by atoms with Crippen LogP contribution in [0.3, 0.4) is 0 Å². The minimum atomic E-state index is -0.794. The van der Waals surface area contributed by atoms with E-state index in [-0.39, 0.29) is 6.42 Å². The second kappa shape index (κ2) is 5.93. The van der Waals surface area contributed by atoms with Gasteiger partial charge in [-0.1, -0.05) is 12.1 Å². The summed E-state index contributed by atoms with van der Waals surface area (Å²) in [5.74, 6) is -0.794. The lowest BCUT2D eigenvalue weighted by Crippen LogP contribution is -1.98. The third-order valence-electron chi connectivity index (χ3n) is 3.18. The first-order valence-corrected chi connectivity index (χ1v) is 7.40. The number of aromatic nitrogens is 1. The zero-order valence-electron chi connectivity index (χ0n) is 11.2. The maximum Gasteiger partial charge on any atom is 0.308 e. The fraction of sp³-hybridized carbons (Fsp3) is 0.125. The Balaban J connectivity index is 1.74. The van der Waals surface area contributed by atoms with Crippen LogP contribution in [0.25, 0.3) is 10.8 Å². The molecule has 0 unspecified atom stereocenters. The molecule has 0 saturated carbocycles. The number of pyridine rings is 1. The number of carbonyl (C=O) groups is 1. The first-order chi connectivity index (χ1) is 10.2. The standard InChI is InChI=1S/C16H14N2O2S/c19-16(20)8-12-4-5-13(21-12)10-18-15-3-1-2-11-9-17-7-6-14(11)15/h1-7,9,18H,8,10H2,(H,19,20). The molecule has 3 aromatic rings. The van der Waals surface area contributed by atoms with Gasteiger partial charge in [0.05, 0.1) is 6.42 Å². The quantitative estimate of drug-likeness (QED) is 0.756. The van der Waals surface area contributed by atoms with Crippen LogP contribution in [0, 0.1) is 0 Å². The lowest BCUT2D eigenvalue weighted by molar-refractivity contribution is -0.136. The molecular weight excluding hydrogens is 284 g/mol. The van der Waals surface area contributed by atoms with Gasteiger partial charge in [0.25, 0.3) is 0 Å². The number of rotatable bonds is 5. The van der Waals surface area contributed by atoms with Gasteiger partial charge in [-0.3, -0.25) is 9.78 Å². The average Bonchev–Trinajstić information content (AvgIpc) is 2.92. The Morgan fingerprint density at radius 3 is 2.90 bits per heavy atom. The summed E-state index contributed by atoms with van der Waals surface area (Å²) >= 11 is 1.53. The monoisotopic (exact) mass is 298 g/mol. The molecule has 5 heteroatoms. The van der Waals surface area contributed by atoms with Crippen molar-refractivity contribution < 1.29 is 9.90 Å². The Bertz CT molecular complexity index is 777. The number of carboxylic acids is 1. The number of nitrogens with zero attached hydrogens (tertiary/aromatic N) is 1. The molecule has 3 rings (SSSR count). The minimum Gasteiger partial charge on any atom is -0.481 e. The molecule has 2 aromatic heterocycles. The van der Waals surface area contributed by atoms with E-state index in [1.54, 1.807) is 6.20 Å². The molecule has 2 N–H and O–H groups in total. The molecule has 2 heterocycles. The fourth-order valence-corrected chi connectivity index (χ4v) is 3.17. The van der Waals surface area contributed by atoms with E-state index in [0.29, 0.717) is 6.54 Å². The second-order valence-electron chi connectivity index (χ2n) is 4.69. The Kier molecular flexibility index (Phi) is 3.83. The summed E-state index contributed by atoms with van der Waals surface area (Å²) in [6.45, 7) is 0.686. The van der Waals surface area contributed by atoms with E-state index in [4.69, 9.17) is 5.11 Å². The minimum absolute atomic E-state index is 0.0879. The average molecular weight is 298 g/mol. The maximum atomic E-state index is 10.7. The van der Waals surface area contributed by atoms with Crippen LogP contribution in [0.4, 0.5) is 5.69 Å². The molecule has 4 nitrogen and oxygen atoms in total. The molecule has 1 aromatic carbocycles. The number of hydrogen-bond acceptors (Lipinski definition) is 4. The highest BCUT2D eigenvalue weighted by molar-refractivity contribution is 7.12. The number of benzene rings is 1. The van der Waals surface area contributed by atoms with Crippen LogP contribution >= 0.6 is 11.3 Å². The van der Waals surface area contributed by atoms with Crippen molar-refractivity contribution in [1.29, 1.82) is 0 Å². The van der Waals surface area contributed by atoms with E-state index < -0.39 is 5.97 Å². The van der Waals surface area contributed by atoms with Crippen LogP contribution in [-0.2, 0) is 17.8 Å². The first kappa shape index (κ1) is 13.6. The van der Waals surface area contributed by atoms with Gasteiger partial charge < -0.3 is 10.4 Å². The van der Waals surface area contributed by atoms with E-state index in [2.05, 4.69) is 10.3 Å². The summed E-state index contributed by atoms with van der Waals surface area (Å²) in [6, 6.07) is 11.9. The van der Waals surface area contributed by atoms with Crippen LogP contribution in [-0.4, -0.2) is 16.1 Å². The molecule has 106 valence electrons. The molecule has 0 bridgehead atoms. The van der Waals surface area contributed by atoms with Gasteiger partial charge in [0.2, 0.25) is 0 Å². The Labute approximate surface area is 126 Å². The van der Waals surface area contributed by atoms with Gasteiger partial charge in [-0.05, 0) is 24.3 Å². The molecule has 21 heavy (non-hydrogen) atoms. The van der Waals surface area contributed by atoms with Gasteiger partial charge >= 0.3 is 5.97 Å². The van der Waals surface area contributed by atoms with Gasteiger partial charge in [0, 0.05) is 45.2 Å². The van der Waals surface area contributed by atoms with Crippen LogP contribution < -0.4 is 5.32 Å². The fourth-order valence-electron chi connectivity index (χ4n) is 2.22. The molecule has 0 amide bonds. The van der Waals surface area contributed by atoms with Crippen LogP contribution in [0.5, 0.6) is 0 Å². The number of aliphatic carboxylic acids is 1. The zero-order chi connectivity index (χ0) is 14.7. The Morgan fingerprint density at radius 1 is 1.19 bits per heavy atom. The molecule has 0 spiro atoms. The van der Waals surface area contributed by atoms with E-state index in [9.17, 15) is 4.79 Å². The number of fused-ring (bicyclic) bond motifs is 1. The largest absolute Gasteiger partial charge is 0.481 e. The number of carboxylic acid groups (broad SMARTS) is 1. The molecule has 0 saturated heterocycles. The van der Waals surface area contributed by atoms with Gasteiger partial charge in [-0.15, -0.1) is 11.3 Å². The molecular formula is C16H14N2O2S. The van der Waals surface area contributed by atoms with Crippen molar-refractivity contribution in [2.75, 3.05) is 5.32 Å². The summed E-state index contributed by atoms with van der Waals surface area (Å²) in [6.07, 6.45) is 3.71. The van der Waals surface area contributed by atoms with E-state index in [1.807, 2.05) is 42.6 Å². The number of hydrogen-bond donors (Lipinski definition) is 2. The molecule has 0 aliphatic rings. The summed E-state index contributed by atoms with van der Waals surface area (Å²) < 4.78 is 0. The van der Waals surface area contributed by atoms with Gasteiger partial charge in [0.15, 0.2) is 0 Å². The van der Waals surface area contributed by atoms with Gasteiger partial charge in [0.1, 0.15) is 0 Å². The van der Waals surface area contributed by atoms with Crippen molar-refractivity contribution in [1.82, 2.24) is 4.98 Å². The Hall–Kier alpha value is -2.40. The highest BCUT2D eigenvalue weighted by Gasteiger charge is 2.05. The third-order valence-corrected chi connectivity index (χ3v) is 4.26. The molecule has 0 fully saturated rings. The Morgan fingerprint density at radius 2 is 2.05 bits per heavy atom. The van der Waals surface area contributed by atoms with Crippen molar-refractivity contribution in [3.8, 4) is 0 Å². The topological polar surface area (TPSA) is 62.2 Å². The first-order valence-electron chi connectivity index (χ1n) is 6.58. The predicted octanol–water partition coefficient (Wildman–Crippen LogP) is 3.54. The lowest BCUT2D eigenvalue weighted by Gasteiger charge is -2.08. The predicted molar refractivity (Wildman–Crippen MR) is 84.7 cm³/mol. The van der Waals surface area contributed by atoms with E-state index >= 15 is 0 Å². The maximum absolute atomic E-state index is 10.7. The highest BCUT2D eigenvalue weighted by Crippen LogP contribution is 2.24. The number of thiophene rings is 1. The summed E-state index contributed by atoms with van der Waals surface area (Å²) in [7, 11) is 0. The van der Waals surface area contributed by atoms with Crippen LogP contribution in [0.2, 0.25) is 0 Å². The van der Waals surface area contributed by atoms with Crippen molar-refractivity contribution >= 4 is 33.8 Å². The molecule has 0 radical (unpaired) electrons. The summed E-state index contributed by atoms with van der Waals surface area (Å²) in [5, 5.41) is 14.4. The summed E-state index contributed by atoms with van der Waals surface area (Å²) in [5.41, 5.74) is 1.06. The smallest absolute Gasteiger partial charge is 0.308 e. The second-order valence-corrected chi connectivity index (χ2v) is 5.95. The number of anilines is 1. The molecule has 0 aliphatic heterocycles.